The maximum atomic E-state index is 14.2. The number of amides is 3. The Balaban J connectivity index is 1.74. The van der Waals surface area contributed by atoms with E-state index in [1.807, 2.05) is 0 Å². The fourth-order valence-electron chi connectivity index (χ4n) is 3.62. The molecule has 2 aromatic carbocycles. The summed E-state index contributed by atoms with van der Waals surface area (Å²) in [6.07, 6.45) is 0.282. The van der Waals surface area contributed by atoms with E-state index in [1.54, 1.807) is 32.9 Å². The Kier molecular flexibility index (Phi) is 7.66. The molecule has 182 valence electrons. The summed E-state index contributed by atoms with van der Waals surface area (Å²) < 4.78 is 24.6. The largest absolute Gasteiger partial charge is 0.496 e. The molecule has 1 atom stereocenters. The van der Waals surface area contributed by atoms with Gasteiger partial charge >= 0.3 is 6.09 Å². The van der Waals surface area contributed by atoms with Crippen molar-refractivity contribution >= 4 is 40.9 Å². The van der Waals surface area contributed by atoms with Crippen molar-refractivity contribution in [2.45, 2.75) is 45.3 Å². The second kappa shape index (κ2) is 10.3. The van der Waals surface area contributed by atoms with Gasteiger partial charge in [0.05, 0.1) is 18.4 Å². The molecule has 1 unspecified atom stereocenters. The molecule has 10 heteroatoms. The minimum atomic E-state index is -0.821. The molecule has 8 nitrogen and oxygen atoms in total. The zero-order valence-corrected chi connectivity index (χ0v) is 20.2. The number of methoxy groups -OCH3 is 1. The van der Waals surface area contributed by atoms with Crippen molar-refractivity contribution < 1.29 is 28.2 Å². The van der Waals surface area contributed by atoms with Gasteiger partial charge in [-0.05, 0) is 70.0 Å². The predicted molar refractivity (Wildman–Crippen MR) is 127 cm³/mol. The van der Waals surface area contributed by atoms with Crippen LogP contribution in [0.5, 0.6) is 5.75 Å². The second-order valence-electron chi connectivity index (χ2n) is 8.81. The van der Waals surface area contributed by atoms with Crippen molar-refractivity contribution in [2.24, 2.45) is 0 Å². The first-order valence-corrected chi connectivity index (χ1v) is 11.1. The van der Waals surface area contributed by atoms with Crippen LogP contribution in [0.2, 0.25) is 5.02 Å². The average Bonchev–Trinajstić information content (AvgIpc) is 3.24. The molecule has 1 heterocycles. The van der Waals surface area contributed by atoms with Gasteiger partial charge in [-0.25, -0.2) is 9.18 Å². The molecule has 1 saturated heterocycles. The van der Waals surface area contributed by atoms with Crippen LogP contribution in [0.15, 0.2) is 36.4 Å². The number of hydrogen-bond donors (Lipinski definition) is 2. The lowest BCUT2D eigenvalue weighted by Gasteiger charge is -2.25. The van der Waals surface area contributed by atoms with Gasteiger partial charge in [-0.15, -0.1) is 0 Å². The van der Waals surface area contributed by atoms with Crippen LogP contribution in [-0.2, 0) is 9.53 Å². The molecular formula is C24H27ClFN3O5. The summed E-state index contributed by atoms with van der Waals surface area (Å²) in [6, 6.07) is 7.76. The molecule has 0 saturated carbocycles. The van der Waals surface area contributed by atoms with Gasteiger partial charge in [0.25, 0.3) is 5.91 Å². The van der Waals surface area contributed by atoms with E-state index < -0.39 is 29.5 Å². The molecular weight excluding hydrogens is 465 g/mol. The molecule has 0 bridgehead atoms. The molecule has 2 N–H and O–H groups in total. The van der Waals surface area contributed by atoms with Crippen LogP contribution in [0.3, 0.4) is 0 Å². The number of ether oxygens (including phenoxy) is 2. The molecule has 0 aliphatic carbocycles. The summed E-state index contributed by atoms with van der Waals surface area (Å²) in [6.45, 7) is 5.45. The van der Waals surface area contributed by atoms with Crippen molar-refractivity contribution in [3.05, 3.63) is 52.8 Å². The Morgan fingerprint density at radius 1 is 1.12 bits per heavy atom. The standard InChI is InChI=1S/C24H27ClFN3O5/c1-24(2,3)34-23(32)28-18-13-15(8-9-17(18)26)27-21(30)19-6-5-11-29(19)22(31)16-12-14(25)7-10-20(16)33-4/h7-10,12-13,19H,5-6,11H2,1-4H3,(H,27,30)(H,28,32). The molecule has 0 aromatic heterocycles. The lowest BCUT2D eigenvalue weighted by atomic mass is 10.1. The van der Waals surface area contributed by atoms with E-state index in [2.05, 4.69) is 10.6 Å². The minimum absolute atomic E-state index is 0.143. The Labute approximate surface area is 202 Å². The van der Waals surface area contributed by atoms with Gasteiger partial charge < -0.3 is 19.7 Å². The van der Waals surface area contributed by atoms with Crippen LogP contribution in [0.4, 0.5) is 20.6 Å². The normalized spacial score (nSPS) is 15.6. The number of carbonyl (C=O) groups excluding carboxylic acids is 3. The Morgan fingerprint density at radius 2 is 1.85 bits per heavy atom. The lowest BCUT2D eigenvalue weighted by molar-refractivity contribution is -0.119. The molecule has 2 aromatic rings. The van der Waals surface area contributed by atoms with Gasteiger partial charge in [-0.2, -0.15) is 0 Å². The van der Waals surface area contributed by atoms with Crippen molar-refractivity contribution in [2.75, 3.05) is 24.3 Å². The first-order valence-electron chi connectivity index (χ1n) is 10.7. The number of rotatable bonds is 5. The molecule has 3 amide bonds. The summed E-state index contributed by atoms with van der Waals surface area (Å²) in [4.78, 5) is 39.7. The number of halogens is 2. The maximum Gasteiger partial charge on any atom is 0.412 e. The number of nitrogens with one attached hydrogen (secondary N) is 2. The van der Waals surface area contributed by atoms with E-state index in [0.717, 1.165) is 6.07 Å². The van der Waals surface area contributed by atoms with Crippen molar-refractivity contribution in [3.8, 4) is 5.75 Å². The Bertz CT molecular complexity index is 1100. The van der Waals surface area contributed by atoms with Crippen LogP contribution >= 0.6 is 11.6 Å². The number of nitrogens with zero attached hydrogens (tertiary/aromatic N) is 1. The van der Waals surface area contributed by atoms with Gasteiger partial charge in [0.15, 0.2) is 0 Å². The molecule has 0 radical (unpaired) electrons. The molecule has 1 fully saturated rings. The summed E-state index contributed by atoms with van der Waals surface area (Å²) in [7, 11) is 1.45. The monoisotopic (exact) mass is 491 g/mol. The number of anilines is 2. The van der Waals surface area contributed by atoms with Crippen molar-refractivity contribution in [1.82, 2.24) is 4.90 Å². The maximum absolute atomic E-state index is 14.2. The highest BCUT2D eigenvalue weighted by atomic mass is 35.5. The fourth-order valence-corrected chi connectivity index (χ4v) is 3.79. The lowest BCUT2D eigenvalue weighted by Crippen LogP contribution is -2.43. The first-order chi connectivity index (χ1) is 16.0. The third-order valence-electron chi connectivity index (χ3n) is 5.08. The average molecular weight is 492 g/mol. The highest BCUT2D eigenvalue weighted by Gasteiger charge is 2.35. The quantitative estimate of drug-likeness (QED) is 0.608. The second-order valence-corrected chi connectivity index (χ2v) is 9.25. The van der Waals surface area contributed by atoms with Crippen molar-refractivity contribution in [1.29, 1.82) is 0 Å². The molecule has 34 heavy (non-hydrogen) atoms. The predicted octanol–water partition coefficient (Wildman–Crippen LogP) is 5.08. The van der Waals surface area contributed by atoms with Crippen molar-refractivity contribution in [3.63, 3.8) is 0 Å². The number of hydrogen-bond acceptors (Lipinski definition) is 5. The highest BCUT2D eigenvalue weighted by molar-refractivity contribution is 6.31. The van der Waals surface area contributed by atoms with Crippen LogP contribution in [0.1, 0.15) is 44.0 Å². The molecule has 0 spiro atoms. The zero-order chi connectivity index (χ0) is 25.0. The first kappa shape index (κ1) is 25.3. The van der Waals surface area contributed by atoms with E-state index in [1.165, 1.54) is 30.2 Å². The van der Waals surface area contributed by atoms with Gasteiger partial charge in [0, 0.05) is 17.3 Å². The highest BCUT2D eigenvalue weighted by Crippen LogP contribution is 2.29. The van der Waals surface area contributed by atoms with Crippen LogP contribution in [-0.4, -0.2) is 48.1 Å². The van der Waals surface area contributed by atoms with E-state index >= 15 is 0 Å². The Hall–Kier alpha value is -3.33. The topological polar surface area (TPSA) is 97.0 Å². The van der Waals surface area contributed by atoms with Crippen LogP contribution in [0.25, 0.3) is 0 Å². The van der Waals surface area contributed by atoms with E-state index in [-0.39, 0.29) is 22.8 Å². The molecule has 3 rings (SSSR count). The minimum Gasteiger partial charge on any atom is -0.496 e. The SMILES string of the molecule is COc1ccc(Cl)cc1C(=O)N1CCCC1C(=O)Nc1ccc(F)c(NC(=O)OC(C)(C)C)c1. The van der Waals surface area contributed by atoms with Gasteiger partial charge in [-0.3, -0.25) is 14.9 Å². The number of likely N-dealkylation sites (tertiary alicyclic amines) is 1. The molecule has 1 aliphatic rings. The summed E-state index contributed by atoms with van der Waals surface area (Å²) in [5.74, 6) is -1.13. The Morgan fingerprint density at radius 3 is 2.53 bits per heavy atom. The van der Waals surface area contributed by atoms with E-state index in [4.69, 9.17) is 21.1 Å². The summed E-state index contributed by atoms with van der Waals surface area (Å²) >= 11 is 6.05. The third-order valence-corrected chi connectivity index (χ3v) is 5.31. The summed E-state index contributed by atoms with van der Waals surface area (Å²) in [5, 5.41) is 5.41. The zero-order valence-electron chi connectivity index (χ0n) is 19.4. The smallest absolute Gasteiger partial charge is 0.412 e. The third kappa shape index (κ3) is 6.17. The van der Waals surface area contributed by atoms with Gasteiger partial charge in [0.1, 0.15) is 23.2 Å². The van der Waals surface area contributed by atoms with Crippen LogP contribution in [0, 0.1) is 5.82 Å². The summed E-state index contributed by atoms with van der Waals surface area (Å²) in [5.41, 5.74) is -0.372. The van der Waals surface area contributed by atoms with E-state index in [0.29, 0.717) is 30.2 Å². The molecule has 1 aliphatic heterocycles. The van der Waals surface area contributed by atoms with E-state index in [9.17, 15) is 18.8 Å². The number of carbonyl (C=O) groups is 3. The van der Waals surface area contributed by atoms with Gasteiger partial charge in [-0.1, -0.05) is 11.6 Å². The van der Waals surface area contributed by atoms with Gasteiger partial charge in [0.2, 0.25) is 5.91 Å². The fraction of sp³-hybridized carbons (Fsp3) is 0.375. The number of benzene rings is 2. The van der Waals surface area contributed by atoms with Crippen LogP contribution < -0.4 is 15.4 Å².